The third-order valence-electron chi connectivity index (χ3n) is 7.96. The number of esters is 1. The van der Waals surface area contributed by atoms with Gasteiger partial charge in [-0.05, 0) is 78.7 Å². The van der Waals surface area contributed by atoms with Gasteiger partial charge in [0.15, 0.2) is 0 Å². The molecule has 0 fully saturated rings. The van der Waals surface area contributed by atoms with Crippen molar-refractivity contribution >= 4 is 5.97 Å². The average molecular weight is 583 g/mol. The van der Waals surface area contributed by atoms with Crippen LogP contribution < -0.4 is 5.32 Å². The van der Waals surface area contributed by atoms with Crippen molar-refractivity contribution in [2.45, 2.75) is 201 Å². The first-order valence-electron chi connectivity index (χ1n) is 18.6. The van der Waals surface area contributed by atoms with E-state index in [4.69, 9.17) is 4.74 Å². The molecule has 0 unspecified atom stereocenters. The Morgan fingerprint density at radius 1 is 0.537 bits per heavy atom. The Balaban J connectivity index is 0. The van der Waals surface area contributed by atoms with Crippen molar-refractivity contribution in [3.8, 4) is 0 Å². The van der Waals surface area contributed by atoms with Gasteiger partial charge in [0.2, 0.25) is 0 Å². The molecule has 0 aromatic carbocycles. The topological polar surface area (TPSA) is 41.6 Å². The molecule has 0 aromatic heterocycles. The molecule has 0 amide bonds. The summed E-state index contributed by atoms with van der Waals surface area (Å²) in [5.41, 5.74) is 0. The lowest BCUT2D eigenvalue weighted by Crippen LogP contribution is -2.22. The molecule has 0 heterocycles. The Kier molecular flexibility index (Phi) is 38.8. The van der Waals surface area contributed by atoms with Crippen molar-refractivity contribution in [2.75, 3.05) is 33.7 Å². The van der Waals surface area contributed by atoms with Crippen LogP contribution in [0.1, 0.15) is 195 Å². The van der Waals surface area contributed by atoms with Gasteiger partial charge in [-0.15, -0.1) is 0 Å². The van der Waals surface area contributed by atoms with Gasteiger partial charge in [-0.2, -0.15) is 0 Å². The summed E-state index contributed by atoms with van der Waals surface area (Å²) in [6.45, 7) is 12.4. The third kappa shape index (κ3) is 39.4. The van der Waals surface area contributed by atoms with E-state index in [1.165, 1.54) is 135 Å². The van der Waals surface area contributed by atoms with Gasteiger partial charge < -0.3 is 15.0 Å². The highest BCUT2D eigenvalue weighted by atomic mass is 16.5. The number of carbonyl (C=O) groups is 1. The summed E-state index contributed by atoms with van der Waals surface area (Å²) in [5, 5.41) is 3.53. The zero-order valence-corrected chi connectivity index (χ0v) is 29.3. The fraction of sp³-hybridized carbons (Fsp3) is 0.973. The summed E-state index contributed by atoms with van der Waals surface area (Å²) in [6, 6.07) is 0. The number of unbranched alkanes of at least 4 members (excludes halogenated alkanes) is 18. The molecule has 4 heteroatoms. The van der Waals surface area contributed by atoms with Crippen LogP contribution in [0.2, 0.25) is 0 Å². The van der Waals surface area contributed by atoms with E-state index >= 15 is 0 Å². The van der Waals surface area contributed by atoms with Gasteiger partial charge in [-0.1, -0.05) is 143 Å². The Morgan fingerprint density at radius 2 is 0.927 bits per heavy atom. The standard InChI is InChI=1S/C30H62N2O2.C7H16/c1-5-7-9-11-14-18-23-29(24-19-15-12-10-8-6-2)34-30(33)25-20-16-13-17-21-26-31-27-22-28-32(3)4;1-3-5-7-6-4-2/h29,31H,5-28H2,1-4H3;3-7H2,1-2H3. The quantitative estimate of drug-likeness (QED) is 0.0652. The third-order valence-corrected chi connectivity index (χ3v) is 7.96. The maximum atomic E-state index is 12.4. The predicted molar refractivity (Wildman–Crippen MR) is 184 cm³/mol. The van der Waals surface area contributed by atoms with E-state index in [1.807, 2.05) is 0 Å². The number of carbonyl (C=O) groups excluding carboxylic acids is 1. The Hall–Kier alpha value is -0.610. The normalized spacial score (nSPS) is 11.2. The van der Waals surface area contributed by atoms with Gasteiger partial charge in [-0.3, -0.25) is 4.79 Å². The maximum absolute atomic E-state index is 12.4. The number of hydrogen-bond acceptors (Lipinski definition) is 4. The van der Waals surface area contributed by atoms with E-state index in [9.17, 15) is 4.79 Å². The van der Waals surface area contributed by atoms with Crippen LogP contribution in [0.3, 0.4) is 0 Å². The minimum Gasteiger partial charge on any atom is -0.462 e. The van der Waals surface area contributed by atoms with Crippen LogP contribution in [0.5, 0.6) is 0 Å². The highest BCUT2D eigenvalue weighted by Gasteiger charge is 2.14. The van der Waals surface area contributed by atoms with Crippen LogP contribution in [0.25, 0.3) is 0 Å². The molecule has 0 rings (SSSR count). The first-order valence-corrected chi connectivity index (χ1v) is 18.6. The summed E-state index contributed by atoms with van der Waals surface area (Å²) >= 11 is 0. The van der Waals surface area contributed by atoms with Gasteiger partial charge in [0.05, 0.1) is 0 Å². The highest BCUT2D eigenvalue weighted by Crippen LogP contribution is 2.18. The van der Waals surface area contributed by atoms with E-state index in [0.29, 0.717) is 6.42 Å². The van der Waals surface area contributed by atoms with Crippen LogP contribution in [0.15, 0.2) is 0 Å². The van der Waals surface area contributed by atoms with Crippen molar-refractivity contribution in [3.05, 3.63) is 0 Å². The van der Waals surface area contributed by atoms with Crippen molar-refractivity contribution in [3.63, 3.8) is 0 Å². The maximum Gasteiger partial charge on any atom is 0.306 e. The van der Waals surface area contributed by atoms with Crippen molar-refractivity contribution < 1.29 is 9.53 Å². The molecule has 4 nitrogen and oxygen atoms in total. The minimum atomic E-state index is 0.0459. The lowest BCUT2D eigenvalue weighted by atomic mass is 10.0. The van der Waals surface area contributed by atoms with Gasteiger partial charge in [0.25, 0.3) is 0 Å². The lowest BCUT2D eigenvalue weighted by Gasteiger charge is -2.18. The molecule has 0 aliphatic heterocycles. The second-order valence-corrected chi connectivity index (χ2v) is 12.7. The monoisotopic (exact) mass is 583 g/mol. The first-order chi connectivity index (χ1) is 20.0. The van der Waals surface area contributed by atoms with E-state index < -0.39 is 0 Å². The molecule has 0 radical (unpaired) electrons. The number of hydrogen-bond donors (Lipinski definition) is 1. The Bertz CT molecular complexity index is 464. The summed E-state index contributed by atoms with van der Waals surface area (Å²) < 4.78 is 5.95. The molecule has 0 aliphatic rings. The van der Waals surface area contributed by atoms with Crippen LogP contribution >= 0.6 is 0 Å². The smallest absolute Gasteiger partial charge is 0.306 e. The second kappa shape index (κ2) is 37.4. The number of rotatable bonds is 31. The summed E-state index contributed by atoms with van der Waals surface area (Å²) in [6.07, 6.45) is 32.6. The minimum absolute atomic E-state index is 0.0459. The van der Waals surface area contributed by atoms with E-state index in [1.54, 1.807) is 0 Å². The molecule has 0 aromatic rings. The van der Waals surface area contributed by atoms with Gasteiger partial charge in [0, 0.05) is 6.42 Å². The SMILES string of the molecule is CCCCCCC.CCCCCCCCC(CCCCCCCC)OC(=O)CCCCCCCNCCCN(C)C. The molecule has 0 saturated heterocycles. The molecule has 0 atom stereocenters. The van der Waals surface area contributed by atoms with Crippen LogP contribution in [0, 0.1) is 0 Å². The number of ether oxygens (including phenoxy) is 1. The van der Waals surface area contributed by atoms with Crippen molar-refractivity contribution in [2.24, 2.45) is 0 Å². The first kappa shape index (κ1) is 42.5. The zero-order chi connectivity index (χ0) is 30.7. The van der Waals surface area contributed by atoms with Gasteiger partial charge >= 0.3 is 5.97 Å². The molecular formula is C37H78N2O2. The van der Waals surface area contributed by atoms with Crippen molar-refractivity contribution in [1.82, 2.24) is 10.2 Å². The van der Waals surface area contributed by atoms with E-state index in [0.717, 1.165) is 45.3 Å². The average Bonchev–Trinajstić information content (AvgIpc) is 2.95. The summed E-state index contributed by atoms with van der Waals surface area (Å²) in [5.74, 6) is 0.0459. The largest absolute Gasteiger partial charge is 0.462 e. The molecule has 0 saturated carbocycles. The van der Waals surface area contributed by atoms with Crippen LogP contribution in [-0.4, -0.2) is 50.7 Å². The Morgan fingerprint density at radius 3 is 1.41 bits per heavy atom. The second-order valence-electron chi connectivity index (χ2n) is 12.7. The van der Waals surface area contributed by atoms with E-state index in [-0.39, 0.29) is 12.1 Å². The number of nitrogens with zero attached hydrogens (tertiary/aromatic N) is 1. The zero-order valence-electron chi connectivity index (χ0n) is 29.3. The van der Waals surface area contributed by atoms with Crippen LogP contribution in [0.4, 0.5) is 0 Å². The fourth-order valence-corrected chi connectivity index (χ4v) is 5.18. The highest BCUT2D eigenvalue weighted by molar-refractivity contribution is 5.69. The molecule has 0 bridgehead atoms. The molecule has 1 N–H and O–H groups in total. The van der Waals surface area contributed by atoms with Crippen LogP contribution in [-0.2, 0) is 9.53 Å². The molecule has 0 spiro atoms. The summed E-state index contributed by atoms with van der Waals surface area (Å²) in [4.78, 5) is 14.7. The van der Waals surface area contributed by atoms with Crippen molar-refractivity contribution in [1.29, 1.82) is 0 Å². The molecule has 248 valence electrons. The summed E-state index contributed by atoms with van der Waals surface area (Å²) in [7, 11) is 4.25. The van der Waals surface area contributed by atoms with E-state index in [2.05, 4.69) is 52.0 Å². The predicted octanol–water partition coefficient (Wildman–Crippen LogP) is 11.3. The molecular weight excluding hydrogens is 504 g/mol. The number of nitrogens with one attached hydrogen (secondary N) is 1. The molecule has 0 aliphatic carbocycles. The van der Waals surface area contributed by atoms with Gasteiger partial charge in [0.1, 0.15) is 6.10 Å². The Labute approximate surface area is 259 Å². The lowest BCUT2D eigenvalue weighted by molar-refractivity contribution is -0.150. The van der Waals surface area contributed by atoms with Gasteiger partial charge in [-0.25, -0.2) is 0 Å². The fourth-order valence-electron chi connectivity index (χ4n) is 5.18. The molecule has 41 heavy (non-hydrogen) atoms.